The number of halogens is 1. The molecule has 1 aromatic carbocycles. The summed E-state index contributed by atoms with van der Waals surface area (Å²) in [6.45, 7) is 5.01. The molecule has 0 radical (unpaired) electrons. The fraction of sp³-hybridized carbons (Fsp3) is 0.571. The molecule has 0 aromatic heterocycles. The number of aliphatic hydroxyl groups is 1. The van der Waals surface area contributed by atoms with Crippen LogP contribution < -0.4 is 0 Å². The summed E-state index contributed by atoms with van der Waals surface area (Å²) in [5, 5.41) is 10.1. The van der Waals surface area contributed by atoms with Crippen LogP contribution in [0, 0.1) is 11.7 Å². The van der Waals surface area contributed by atoms with Gasteiger partial charge in [-0.1, -0.05) is 19.1 Å². The minimum absolute atomic E-state index is 0.257. The molecular formula is C14H20FNO. The van der Waals surface area contributed by atoms with Crippen molar-refractivity contribution in [1.29, 1.82) is 0 Å². The first-order valence-electron chi connectivity index (χ1n) is 6.31. The first-order valence-corrected chi connectivity index (χ1v) is 6.31. The Morgan fingerprint density at radius 1 is 1.41 bits per heavy atom. The molecule has 94 valence electrons. The molecule has 0 amide bonds. The van der Waals surface area contributed by atoms with Gasteiger partial charge in [-0.15, -0.1) is 0 Å². The number of nitrogens with zero attached hydrogens (tertiary/aromatic N) is 1. The third kappa shape index (κ3) is 3.51. The van der Waals surface area contributed by atoms with Gasteiger partial charge in [0.05, 0.1) is 6.10 Å². The maximum atomic E-state index is 12.8. The van der Waals surface area contributed by atoms with Crippen molar-refractivity contribution in [3.63, 3.8) is 0 Å². The highest BCUT2D eigenvalue weighted by molar-refractivity contribution is 5.18. The molecule has 3 heteroatoms. The average molecular weight is 237 g/mol. The Hall–Kier alpha value is -0.930. The highest BCUT2D eigenvalue weighted by atomic mass is 19.1. The van der Waals surface area contributed by atoms with Gasteiger partial charge in [0.15, 0.2) is 0 Å². The Kier molecular flexibility index (Phi) is 4.13. The van der Waals surface area contributed by atoms with Crippen LogP contribution in [0.5, 0.6) is 0 Å². The Morgan fingerprint density at radius 3 is 2.76 bits per heavy atom. The van der Waals surface area contributed by atoms with Crippen molar-refractivity contribution in [2.45, 2.75) is 25.9 Å². The molecule has 1 aliphatic heterocycles. The fourth-order valence-corrected chi connectivity index (χ4v) is 2.49. The van der Waals surface area contributed by atoms with Crippen molar-refractivity contribution in [2.75, 3.05) is 19.6 Å². The zero-order valence-electron chi connectivity index (χ0n) is 10.3. The maximum Gasteiger partial charge on any atom is 0.123 e. The molecule has 0 saturated carbocycles. The molecule has 1 aromatic rings. The van der Waals surface area contributed by atoms with Crippen molar-refractivity contribution in [1.82, 2.24) is 4.90 Å². The maximum absolute atomic E-state index is 12.8. The van der Waals surface area contributed by atoms with Gasteiger partial charge in [0.1, 0.15) is 5.82 Å². The lowest BCUT2D eigenvalue weighted by molar-refractivity contribution is 0.0875. The van der Waals surface area contributed by atoms with Crippen molar-refractivity contribution >= 4 is 0 Å². The SMILES string of the molecule is C[C@H]1CCCN(C[C@@H](O)c2ccc(F)cc2)C1. The van der Waals surface area contributed by atoms with Gasteiger partial charge in [-0.3, -0.25) is 0 Å². The summed E-state index contributed by atoms with van der Waals surface area (Å²) in [5.74, 6) is 0.455. The van der Waals surface area contributed by atoms with Crippen LogP contribution in [0.15, 0.2) is 24.3 Å². The van der Waals surface area contributed by atoms with E-state index in [2.05, 4.69) is 11.8 Å². The number of β-amino-alcohol motifs (C(OH)–C–C–N with tert-alkyl or cyclic N) is 1. The first kappa shape index (κ1) is 12.5. The number of aliphatic hydroxyl groups excluding tert-OH is 1. The Labute approximate surface area is 102 Å². The lowest BCUT2D eigenvalue weighted by Gasteiger charge is -2.32. The lowest BCUT2D eigenvalue weighted by atomic mass is 9.99. The fourth-order valence-electron chi connectivity index (χ4n) is 2.49. The summed E-state index contributed by atoms with van der Waals surface area (Å²) in [4.78, 5) is 2.29. The molecule has 1 N–H and O–H groups in total. The highest BCUT2D eigenvalue weighted by Crippen LogP contribution is 2.20. The van der Waals surface area contributed by atoms with Crippen LogP contribution in [0.2, 0.25) is 0 Å². The number of benzene rings is 1. The first-order chi connectivity index (χ1) is 8.15. The van der Waals surface area contributed by atoms with E-state index in [-0.39, 0.29) is 5.82 Å². The van der Waals surface area contributed by atoms with Crippen LogP contribution in [0.3, 0.4) is 0 Å². The molecule has 2 nitrogen and oxygen atoms in total. The second-order valence-electron chi connectivity index (χ2n) is 5.07. The Balaban J connectivity index is 1.91. The van der Waals surface area contributed by atoms with E-state index in [1.54, 1.807) is 12.1 Å². The van der Waals surface area contributed by atoms with Gasteiger partial charge < -0.3 is 10.0 Å². The molecule has 0 unspecified atom stereocenters. The van der Waals surface area contributed by atoms with E-state index in [1.165, 1.54) is 25.0 Å². The van der Waals surface area contributed by atoms with Crippen LogP contribution in [-0.2, 0) is 0 Å². The predicted molar refractivity (Wildman–Crippen MR) is 66.2 cm³/mol. The Morgan fingerprint density at radius 2 is 2.12 bits per heavy atom. The van der Waals surface area contributed by atoms with Gasteiger partial charge in [-0.05, 0) is 43.0 Å². The predicted octanol–water partition coefficient (Wildman–Crippen LogP) is 2.59. The van der Waals surface area contributed by atoms with Gasteiger partial charge in [0.25, 0.3) is 0 Å². The molecule has 1 saturated heterocycles. The molecule has 0 aliphatic carbocycles. The number of hydrogen-bond acceptors (Lipinski definition) is 2. The molecule has 0 bridgehead atoms. The monoisotopic (exact) mass is 237 g/mol. The zero-order chi connectivity index (χ0) is 12.3. The second kappa shape index (κ2) is 5.61. The van der Waals surface area contributed by atoms with Crippen molar-refractivity contribution in [2.24, 2.45) is 5.92 Å². The third-order valence-corrected chi connectivity index (χ3v) is 3.43. The van der Waals surface area contributed by atoms with Gasteiger partial charge >= 0.3 is 0 Å². The minimum atomic E-state index is -0.513. The van der Waals surface area contributed by atoms with E-state index < -0.39 is 6.10 Å². The topological polar surface area (TPSA) is 23.5 Å². The smallest absolute Gasteiger partial charge is 0.123 e. The number of rotatable bonds is 3. The van der Waals surface area contributed by atoms with Crippen LogP contribution in [0.25, 0.3) is 0 Å². The Bertz CT molecular complexity index is 352. The molecule has 0 spiro atoms. The summed E-state index contributed by atoms with van der Waals surface area (Å²) in [5.41, 5.74) is 0.796. The van der Waals surface area contributed by atoms with Crippen LogP contribution in [0.4, 0.5) is 4.39 Å². The van der Waals surface area contributed by atoms with Gasteiger partial charge in [0.2, 0.25) is 0 Å². The lowest BCUT2D eigenvalue weighted by Crippen LogP contribution is -2.37. The number of likely N-dealkylation sites (tertiary alicyclic amines) is 1. The quantitative estimate of drug-likeness (QED) is 0.873. The van der Waals surface area contributed by atoms with Gasteiger partial charge in [-0.2, -0.15) is 0 Å². The standard InChI is InChI=1S/C14H20FNO/c1-11-3-2-8-16(9-11)10-14(17)12-4-6-13(15)7-5-12/h4-7,11,14,17H,2-3,8-10H2,1H3/t11-,14+/m0/s1. The van der Waals surface area contributed by atoms with E-state index in [1.807, 2.05) is 0 Å². The summed E-state index contributed by atoms with van der Waals surface area (Å²) in [6.07, 6.45) is 1.97. The summed E-state index contributed by atoms with van der Waals surface area (Å²) in [6, 6.07) is 6.12. The average Bonchev–Trinajstić information content (AvgIpc) is 2.29. The van der Waals surface area contributed by atoms with E-state index in [0.29, 0.717) is 12.5 Å². The van der Waals surface area contributed by atoms with Crippen molar-refractivity contribution in [3.05, 3.63) is 35.6 Å². The molecule has 1 aliphatic rings. The van der Waals surface area contributed by atoms with Crippen molar-refractivity contribution in [3.8, 4) is 0 Å². The van der Waals surface area contributed by atoms with Gasteiger partial charge in [-0.25, -0.2) is 4.39 Å². The molecule has 2 rings (SSSR count). The van der Waals surface area contributed by atoms with Crippen LogP contribution >= 0.6 is 0 Å². The second-order valence-corrected chi connectivity index (χ2v) is 5.07. The van der Waals surface area contributed by atoms with E-state index >= 15 is 0 Å². The molecular weight excluding hydrogens is 217 g/mol. The van der Waals surface area contributed by atoms with Crippen LogP contribution in [-0.4, -0.2) is 29.6 Å². The molecule has 1 heterocycles. The molecule has 1 fully saturated rings. The zero-order valence-corrected chi connectivity index (χ0v) is 10.3. The summed E-state index contributed by atoms with van der Waals surface area (Å²) < 4.78 is 12.8. The molecule has 2 atom stereocenters. The number of piperidine rings is 1. The van der Waals surface area contributed by atoms with E-state index in [9.17, 15) is 9.50 Å². The summed E-state index contributed by atoms with van der Waals surface area (Å²) in [7, 11) is 0. The highest BCUT2D eigenvalue weighted by Gasteiger charge is 2.19. The molecule has 17 heavy (non-hydrogen) atoms. The van der Waals surface area contributed by atoms with E-state index in [4.69, 9.17) is 0 Å². The van der Waals surface area contributed by atoms with Crippen molar-refractivity contribution < 1.29 is 9.50 Å². The minimum Gasteiger partial charge on any atom is -0.387 e. The summed E-state index contributed by atoms with van der Waals surface area (Å²) >= 11 is 0. The van der Waals surface area contributed by atoms with Gasteiger partial charge in [0, 0.05) is 13.1 Å². The largest absolute Gasteiger partial charge is 0.387 e. The number of hydrogen-bond donors (Lipinski definition) is 1. The van der Waals surface area contributed by atoms with Crippen LogP contribution in [0.1, 0.15) is 31.4 Å². The van der Waals surface area contributed by atoms with E-state index in [0.717, 1.165) is 18.7 Å². The normalized spacial score (nSPS) is 23.6. The third-order valence-electron chi connectivity index (χ3n) is 3.43.